The smallest absolute Gasteiger partial charge is 0.338 e. The molecular formula is C34H28O4. The van der Waals surface area contributed by atoms with Gasteiger partial charge in [-0.05, 0) is 71.2 Å². The van der Waals surface area contributed by atoms with Crippen LogP contribution in [0.4, 0.5) is 0 Å². The maximum Gasteiger partial charge on any atom is 0.338 e. The zero-order valence-electron chi connectivity index (χ0n) is 20.9. The molecule has 0 aromatic heterocycles. The van der Waals surface area contributed by atoms with Crippen molar-refractivity contribution in [3.8, 4) is 11.1 Å². The summed E-state index contributed by atoms with van der Waals surface area (Å²) < 4.78 is 12.4. The number of fused-ring (bicyclic) bond motifs is 7. The summed E-state index contributed by atoms with van der Waals surface area (Å²) in [6.45, 7) is 0. The van der Waals surface area contributed by atoms with Crippen molar-refractivity contribution in [3.05, 3.63) is 131 Å². The van der Waals surface area contributed by atoms with Crippen LogP contribution in [0.15, 0.2) is 109 Å². The topological polar surface area (TPSA) is 52.6 Å². The van der Waals surface area contributed by atoms with E-state index in [2.05, 4.69) is 42.5 Å². The van der Waals surface area contributed by atoms with Gasteiger partial charge in [0.1, 0.15) is 12.2 Å². The number of carbonyl (C=O) groups is 2. The van der Waals surface area contributed by atoms with Crippen LogP contribution < -0.4 is 0 Å². The fraction of sp³-hybridized carbons (Fsp3) is 0.235. The molecule has 6 unspecified atom stereocenters. The fourth-order valence-corrected chi connectivity index (χ4v) is 7.28. The molecule has 4 heteroatoms. The van der Waals surface area contributed by atoms with Crippen LogP contribution in [0.1, 0.15) is 44.2 Å². The van der Waals surface area contributed by atoms with Crippen molar-refractivity contribution in [1.29, 1.82) is 0 Å². The molecule has 2 fully saturated rings. The van der Waals surface area contributed by atoms with E-state index >= 15 is 0 Å². The SMILES string of the molecule is O=C(OC1C2CC(C1OC(=O)c1ccccc1)C1c3c(cccc3-c3ccccc3)CC21)c1ccccc1. The predicted octanol–water partition coefficient (Wildman–Crippen LogP) is 6.71. The molecule has 0 spiro atoms. The van der Waals surface area contributed by atoms with Crippen LogP contribution in [0.5, 0.6) is 0 Å². The molecule has 4 aromatic rings. The quantitative estimate of drug-likeness (QED) is 0.286. The number of esters is 2. The second-order valence-electron chi connectivity index (χ2n) is 10.7. The van der Waals surface area contributed by atoms with Gasteiger partial charge in [0.05, 0.1) is 11.1 Å². The Balaban J connectivity index is 1.25. The Bertz CT molecular complexity index is 1480. The standard InChI is InChI=1S/C34H28O4/c35-33(22-13-6-2-7-14-22)37-31-27-20-28(32(31)38-34(36)23-15-8-3-9-16-23)30-26(27)19-24-17-10-18-25(29(24)30)21-11-4-1-5-12-21/h1-18,26-28,30-32H,19-20H2. The first-order chi connectivity index (χ1) is 18.7. The van der Waals surface area contributed by atoms with E-state index in [9.17, 15) is 9.59 Å². The molecule has 4 nitrogen and oxygen atoms in total. The summed E-state index contributed by atoms with van der Waals surface area (Å²) in [5, 5.41) is 0. The van der Waals surface area contributed by atoms with Crippen molar-refractivity contribution < 1.29 is 19.1 Å². The van der Waals surface area contributed by atoms with Crippen molar-refractivity contribution in [3.63, 3.8) is 0 Å². The van der Waals surface area contributed by atoms with Gasteiger partial charge < -0.3 is 9.47 Å². The Morgan fingerprint density at radius 1 is 0.579 bits per heavy atom. The summed E-state index contributed by atoms with van der Waals surface area (Å²) in [6.07, 6.45) is 0.894. The average Bonchev–Trinajstić information content (AvgIpc) is 3.64. The summed E-state index contributed by atoms with van der Waals surface area (Å²) in [6, 6.07) is 35.2. The molecular weight excluding hydrogens is 472 g/mol. The van der Waals surface area contributed by atoms with Crippen LogP contribution in [0.2, 0.25) is 0 Å². The van der Waals surface area contributed by atoms with Gasteiger partial charge in [0.25, 0.3) is 0 Å². The summed E-state index contributed by atoms with van der Waals surface area (Å²) in [5.74, 6) is 0.141. The van der Waals surface area contributed by atoms with Gasteiger partial charge in [-0.25, -0.2) is 9.59 Å². The molecule has 3 aliphatic carbocycles. The molecule has 2 bridgehead atoms. The average molecular weight is 501 g/mol. The molecule has 0 aliphatic heterocycles. The zero-order valence-corrected chi connectivity index (χ0v) is 20.9. The van der Waals surface area contributed by atoms with E-state index in [-0.39, 0.29) is 29.7 Å². The van der Waals surface area contributed by atoms with Gasteiger partial charge >= 0.3 is 11.9 Å². The molecule has 0 N–H and O–H groups in total. The Kier molecular flexibility index (Phi) is 5.61. The van der Waals surface area contributed by atoms with Gasteiger partial charge in [-0.2, -0.15) is 0 Å². The van der Waals surface area contributed by atoms with Crippen LogP contribution >= 0.6 is 0 Å². The second-order valence-corrected chi connectivity index (χ2v) is 10.7. The Hall–Kier alpha value is -4.18. The van der Waals surface area contributed by atoms with Crippen molar-refractivity contribution in [1.82, 2.24) is 0 Å². The van der Waals surface area contributed by atoms with Crippen molar-refractivity contribution in [2.45, 2.75) is 31.0 Å². The highest BCUT2D eigenvalue weighted by molar-refractivity contribution is 5.90. The lowest BCUT2D eigenvalue weighted by atomic mass is 9.75. The zero-order chi connectivity index (χ0) is 25.6. The van der Waals surface area contributed by atoms with Crippen molar-refractivity contribution in [2.75, 3.05) is 0 Å². The summed E-state index contributed by atoms with van der Waals surface area (Å²) in [7, 11) is 0. The van der Waals surface area contributed by atoms with Gasteiger partial charge in [0.15, 0.2) is 0 Å². The highest BCUT2D eigenvalue weighted by Gasteiger charge is 2.63. The number of carbonyl (C=O) groups excluding carboxylic acids is 2. The van der Waals surface area contributed by atoms with Crippen molar-refractivity contribution >= 4 is 11.9 Å². The largest absolute Gasteiger partial charge is 0.455 e. The molecule has 2 saturated carbocycles. The minimum Gasteiger partial charge on any atom is -0.455 e. The predicted molar refractivity (Wildman–Crippen MR) is 145 cm³/mol. The Morgan fingerprint density at radius 3 is 1.74 bits per heavy atom. The summed E-state index contributed by atoms with van der Waals surface area (Å²) in [4.78, 5) is 26.4. The minimum absolute atomic E-state index is 0.0948. The second kappa shape index (κ2) is 9.29. The molecule has 3 aliphatic rings. The van der Waals surface area contributed by atoms with E-state index < -0.39 is 12.2 Å². The Morgan fingerprint density at radius 2 is 1.13 bits per heavy atom. The van der Waals surface area contributed by atoms with E-state index in [1.54, 1.807) is 24.3 Å². The highest BCUT2D eigenvalue weighted by Crippen LogP contribution is 2.64. The highest BCUT2D eigenvalue weighted by atomic mass is 16.6. The lowest BCUT2D eigenvalue weighted by Gasteiger charge is -2.37. The summed E-state index contributed by atoms with van der Waals surface area (Å²) >= 11 is 0. The van der Waals surface area contributed by atoms with Gasteiger partial charge in [0, 0.05) is 11.8 Å². The number of hydrogen-bond donors (Lipinski definition) is 0. The minimum atomic E-state index is -0.489. The first-order valence-electron chi connectivity index (χ1n) is 13.4. The maximum atomic E-state index is 13.2. The lowest BCUT2D eigenvalue weighted by Crippen LogP contribution is -2.45. The molecule has 7 rings (SSSR count). The molecule has 38 heavy (non-hydrogen) atoms. The molecule has 0 heterocycles. The fourth-order valence-electron chi connectivity index (χ4n) is 7.28. The molecule has 0 radical (unpaired) electrons. The lowest BCUT2D eigenvalue weighted by molar-refractivity contribution is -0.0697. The molecule has 4 aromatic carbocycles. The van der Waals surface area contributed by atoms with Gasteiger partial charge in [-0.1, -0.05) is 84.9 Å². The van der Waals surface area contributed by atoms with Crippen LogP contribution in [0.25, 0.3) is 11.1 Å². The normalized spacial score (nSPS) is 26.4. The maximum absolute atomic E-state index is 13.2. The molecule has 188 valence electrons. The van der Waals surface area contributed by atoms with E-state index in [1.807, 2.05) is 42.5 Å². The van der Waals surface area contributed by atoms with Crippen molar-refractivity contribution in [2.24, 2.45) is 17.8 Å². The van der Waals surface area contributed by atoms with E-state index in [0.29, 0.717) is 17.0 Å². The van der Waals surface area contributed by atoms with Crippen LogP contribution in [0.3, 0.4) is 0 Å². The number of rotatable bonds is 5. The molecule has 6 atom stereocenters. The molecule has 0 amide bonds. The van der Waals surface area contributed by atoms with E-state index in [1.165, 1.54) is 22.3 Å². The molecule has 0 saturated heterocycles. The Labute approximate surface area is 222 Å². The van der Waals surface area contributed by atoms with Crippen LogP contribution in [0, 0.1) is 17.8 Å². The van der Waals surface area contributed by atoms with Crippen LogP contribution in [-0.4, -0.2) is 24.1 Å². The van der Waals surface area contributed by atoms with E-state index in [0.717, 1.165) is 12.8 Å². The first-order valence-corrected chi connectivity index (χ1v) is 13.4. The van der Waals surface area contributed by atoms with Gasteiger partial charge in [-0.15, -0.1) is 0 Å². The monoisotopic (exact) mass is 500 g/mol. The number of benzene rings is 4. The third kappa shape index (κ3) is 3.75. The van der Waals surface area contributed by atoms with E-state index in [4.69, 9.17) is 9.47 Å². The first kappa shape index (κ1) is 23.0. The number of hydrogen-bond acceptors (Lipinski definition) is 4. The van der Waals surface area contributed by atoms with Gasteiger partial charge in [-0.3, -0.25) is 0 Å². The third-order valence-corrected chi connectivity index (χ3v) is 8.76. The third-order valence-electron chi connectivity index (χ3n) is 8.76. The summed E-state index contributed by atoms with van der Waals surface area (Å²) in [5.41, 5.74) is 6.23. The van der Waals surface area contributed by atoms with Gasteiger partial charge in [0.2, 0.25) is 0 Å². The number of ether oxygens (including phenoxy) is 2. The van der Waals surface area contributed by atoms with Crippen LogP contribution in [-0.2, 0) is 15.9 Å².